The van der Waals surface area contributed by atoms with Gasteiger partial charge in [-0.15, -0.1) is 0 Å². The van der Waals surface area contributed by atoms with Crippen molar-refractivity contribution in [2.75, 3.05) is 19.8 Å². The number of nitriles is 1. The van der Waals surface area contributed by atoms with Crippen molar-refractivity contribution in [1.29, 1.82) is 5.26 Å². The summed E-state index contributed by atoms with van der Waals surface area (Å²) >= 11 is 0. The van der Waals surface area contributed by atoms with Gasteiger partial charge in [-0.2, -0.15) is 5.26 Å². The summed E-state index contributed by atoms with van der Waals surface area (Å²) in [6.07, 6.45) is 1.74. The molecule has 0 spiro atoms. The highest BCUT2D eigenvalue weighted by molar-refractivity contribution is 5.99. The van der Waals surface area contributed by atoms with Gasteiger partial charge in [-0.25, -0.2) is 4.85 Å². The summed E-state index contributed by atoms with van der Waals surface area (Å²) in [6, 6.07) is 14.9. The highest BCUT2D eigenvalue weighted by Crippen LogP contribution is 2.44. The molecule has 2 aliphatic rings. The molecular weight excluding hydrogens is 416 g/mol. The van der Waals surface area contributed by atoms with Crippen molar-refractivity contribution in [1.82, 2.24) is 9.88 Å². The third kappa shape index (κ3) is 3.49. The molecule has 0 amide bonds. The second-order valence-electron chi connectivity index (χ2n) is 7.98. The van der Waals surface area contributed by atoms with Gasteiger partial charge in [0.15, 0.2) is 5.78 Å². The molecule has 1 aromatic carbocycles. The molecule has 33 heavy (non-hydrogen) atoms. The molecule has 4 heterocycles. The molecule has 5 rings (SSSR count). The first-order valence-electron chi connectivity index (χ1n) is 10.6. The Balaban J connectivity index is 1.59. The number of carbonyl (C=O) groups is 1. The number of ketones is 1. The standard InChI is InChI=1S/C26H20N4O3/c1-16-19(14-27)25(26(28-2)21-15-32-11-10-30(16)21)24-12-18-20(29-9-8-23(18)33-24)13-22(31)17-6-4-3-5-7-17/h3-9,12,25H,10-11,13,15H2,1H3. The van der Waals surface area contributed by atoms with E-state index in [0.717, 1.165) is 11.4 Å². The molecule has 162 valence electrons. The van der Waals surface area contributed by atoms with E-state index in [1.807, 2.05) is 36.1 Å². The number of morpholine rings is 1. The van der Waals surface area contributed by atoms with Gasteiger partial charge in [0.25, 0.3) is 0 Å². The summed E-state index contributed by atoms with van der Waals surface area (Å²) in [7, 11) is 0. The van der Waals surface area contributed by atoms with Gasteiger partial charge in [-0.3, -0.25) is 9.78 Å². The van der Waals surface area contributed by atoms with Gasteiger partial charge in [-0.05, 0) is 19.1 Å². The van der Waals surface area contributed by atoms with Crippen molar-refractivity contribution in [3.05, 3.63) is 99.8 Å². The first-order valence-corrected chi connectivity index (χ1v) is 10.6. The van der Waals surface area contributed by atoms with Crippen LogP contribution in [-0.2, 0) is 11.2 Å². The maximum absolute atomic E-state index is 12.8. The van der Waals surface area contributed by atoms with E-state index in [9.17, 15) is 10.1 Å². The number of furan rings is 1. The van der Waals surface area contributed by atoms with Crippen molar-refractivity contribution < 1.29 is 13.9 Å². The zero-order valence-electron chi connectivity index (χ0n) is 18.0. The van der Waals surface area contributed by atoms with Gasteiger partial charge in [0, 0.05) is 35.1 Å². The van der Waals surface area contributed by atoms with Crippen LogP contribution in [0.5, 0.6) is 0 Å². The van der Waals surface area contributed by atoms with E-state index >= 15 is 0 Å². The summed E-state index contributed by atoms with van der Waals surface area (Å²) in [5.41, 5.74) is 4.30. The van der Waals surface area contributed by atoms with Crippen LogP contribution < -0.4 is 0 Å². The Morgan fingerprint density at radius 3 is 2.91 bits per heavy atom. The van der Waals surface area contributed by atoms with E-state index in [4.69, 9.17) is 15.7 Å². The Labute approximate surface area is 191 Å². The highest BCUT2D eigenvalue weighted by Gasteiger charge is 2.38. The fraction of sp³-hybridized carbons (Fsp3) is 0.231. The number of hydrogen-bond acceptors (Lipinski definition) is 6. The van der Waals surface area contributed by atoms with Crippen molar-refractivity contribution in [3.63, 3.8) is 0 Å². The topological polar surface area (TPSA) is 83.7 Å². The zero-order valence-corrected chi connectivity index (χ0v) is 18.0. The number of pyridine rings is 1. The number of hydrogen-bond donors (Lipinski definition) is 0. The molecule has 3 aromatic rings. The SMILES string of the molecule is [C-]#[N+]C1=C2COCCN2C(C)=C(C#N)C1c1cc2c(CC(=O)c3ccccc3)nccc2o1. The average molecular weight is 436 g/mol. The van der Waals surface area contributed by atoms with Crippen LogP contribution in [0, 0.1) is 17.9 Å². The lowest BCUT2D eigenvalue weighted by molar-refractivity contribution is 0.0832. The molecule has 1 unspecified atom stereocenters. The summed E-state index contributed by atoms with van der Waals surface area (Å²) in [5.74, 6) is -0.167. The number of fused-ring (bicyclic) bond motifs is 2. The molecule has 0 N–H and O–H groups in total. The first-order chi connectivity index (χ1) is 16.1. The Morgan fingerprint density at radius 1 is 1.33 bits per heavy atom. The largest absolute Gasteiger partial charge is 0.461 e. The number of ether oxygens (including phenoxy) is 1. The van der Waals surface area contributed by atoms with Crippen LogP contribution in [0.4, 0.5) is 0 Å². The zero-order chi connectivity index (χ0) is 22.9. The molecular formula is C26H20N4O3. The van der Waals surface area contributed by atoms with Gasteiger partial charge in [0.1, 0.15) is 11.3 Å². The highest BCUT2D eigenvalue weighted by atomic mass is 16.5. The summed E-state index contributed by atoms with van der Waals surface area (Å²) in [6.45, 7) is 11.2. The van der Waals surface area contributed by atoms with Crippen molar-refractivity contribution in [3.8, 4) is 6.07 Å². The van der Waals surface area contributed by atoms with Crippen LogP contribution >= 0.6 is 0 Å². The number of aromatic nitrogens is 1. The van der Waals surface area contributed by atoms with Crippen LogP contribution in [0.1, 0.15) is 34.7 Å². The van der Waals surface area contributed by atoms with Crippen molar-refractivity contribution >= 4 is 16.8 Å². The van der Waals surface area contributed by atoms with Gasteiger partial charge in [0.2, 0.25) is 5.70 Å². The minimum atomic E-state index is -0.620. The smallest absolute Gasteiger partial charge is 0.202 e. The van der Waals surface area contributed by atoms with E-state index < -0.39 is 5.92 Å². The Bertz CT molecular complexity index is 1400. The Hall–Kier alpha value is -4.20. The number of carbonyl (C=O) groups excluding carboxylic acids is 1. The first kappa shape index (κ1) is 20.7. The lowest BCUT2D eigenvalue weighted by Gasteiger charge is -2.38. The number of benzene rings is 1. The van der Waals surface area contributed by atoms with Gasteiger partial charge < -0.3 is 14.1 Å². The average Bonchev–Trinajstić information content (AvgIpc) is 3.29. The molecule has 0 saturated carbocycles. The van der Waals surface area contributed by atoms with Gasteiger partial charge >= 0.3 is 0 Å². The predicted molar refractivity (Wildman–Crippen MR) is 121 cm³/mol. The maximum Gasteiger partial charge on any atom is 0.202 e. The third-order valence-corrected chi connectivity index (χ3v) is 6.17. The summed E-state index contributed by atoms with van der Waals surface area (Å²) in [4.78, 5) is 23.0. The lowest BCUT2D eigenvalue weighted by atomic mass is 9.87. The lowest BCUT2D eigenvalue weighted by Crippen LogP contribution is -2.38. The minimum absolute atomic E-state index is 0.0385. The molecule has 2 aliphatic heterocycles. The van der Waals surface area contributed by atoms with Crippen LogP contribution in [0.25, 0.3) is 15.8 Å². The molecule has 0 radical (unpaired) electrons. The van der Waals surface area contributed by atoms with Gasteiger partial charge in [0.05, 0.1) is 49.5 Å². The Morgan fingerprint density at radius 2 is 2.15 bits per heavy atom. The van der Waals surface area contributed by atoms with E-state index in [1.165, 1.54) is 0 Å². The fourth-order valence-corrected chi connectivity index (χ4v) is 4.53. The monoisotopic (exact) mass is 436 g/mol. The van der Waals surface area contributed by atoms with E-state index in [0.29, 0.717) is 59.0 Å². The molecule has 1 atom stereocenters. The second kappa shape index (κ2) is 8.38. The van der Waals surface area contributed by atoms with E-state index in [-0.39, 0.29) is 12.2 Å². The normalized spacial score (nSPS) is 18.2. The quantitative estimate of drug-likeness (QED) is 0.439. The fourth-order valence-electron chi connectivity index (χ4n) is 4.53. The molecule has 0 aliphatic carbocycles. The predicted octanol–water partition coefficient (Wildman–Crippen LogP) is 4.61. The van der Waals surface area contributed by atoms with E-state index in [1.54, 1.807) is 24.4 Å². The number of rotatable bonds is 4. The van der Waals surface area contributed by atoms with Crippen LogP contribution in [0.2, 0.25) is 0 Å². The van der Waals surface area contributed by atoms with Crippen LogP contribution in [-0.4, -0.2) is 35.4 Å². The molecule has 7 nitrogen and oxygen atoms in total. The Kier molecular flexibility index (Phi) is 5.26. The number of Topliss-reactive ketones (excluding diaryl/α,β-unsaturated/α-hetero) is 1. The molecule has 1 fully saturated rings. The summed E-state index contributed by atoms with van der Waals surface area (Å²) < 4.78 is 11.8. The molecule has 2 aromatic heterocycles. The maximum atomic E-state index is 12.8. The molecule has 7 heteroatoms. The van der Waals surface area contributed by atoms with Crippen molar-refractivity contribution in [2.45, 2.75) is 19.3 Å². The van der Waals surface area contributed by atoms with Gasteiger partial charge in [-0.1, -0.05) is 30.3 Å². The van der Waals surface area contributed by atoms with Crippen molar-refractivity contribution in [2.24, 2.45) is 0 Å². The third-order valence-electron chi connectivity index (χ3n) is 6.17. The number of nitrogens with zero attached hydrogens (tertiary/aromatic N) is 4. The second-order valence-corrected chi connectivity index (χ2v) is 7.98. The summed E-state index contributed by atoms with van der Waals surface area (Å²) in [5, 5.41) is 10.7. The molecule has 1 saturated heterocycles. The molecule has 0 bridgehead atoms. The number of allylic oxidation sites excluding steroid dienone is 2. The van der Waals surface area contributed by atoms with Crippen LogP contribution in [0.15, 0.2) is 75.7 Å². The van der Waals surface area contributed by atoms with E-state index in [2.05, 4.69) is 15.9 Å². The minimum Gasteiger partial charge on any atom is -0.461 e. The van der Waals surface area contributed by atoms with Crippen LogP contribution in [0.3, 0.4) is 0 Å².